The summed E-state index contributed by atoms with van der Waals surface area (Å²) in [6.45, 7) is 1.09. The Morgan fingerprint density at radius 3 is 2.67 bits per heavy atom. The number of benzene rings is 2. The van der Waals surface area contributed by atoms with Crippen LogP contribution in [0.1, 0.15) is 16.8 Å². The maximum Gasteiger partial charge on any atom is 0.269 e. The highest BCUT2D eigenvalue weighted by Gasteiger charge is 2.35. The molecule has 2 aromatic rings. The van der Waals surface area contributed by atoms with Crippen LogP contribution in [-0.2, 0) is 9.59 Å². The fraction of sp³-hybridized carbons (Fsp3) is 0.286. The molecule has 30 heavy (non-hydrogen) atoms. The quantitative estimate of drug-likeness (QED) is 0.735. The van der Waals surface area contributed by atoms with Crippen molar-refractivity contribution in [3.63, 3.8) is 0 Å². The van der Waals surface area contributed by atoms with E-state index in [-0.39, 0.29) is 18.9 Å². The number of rotatable bonds is 4. The average Bonchev–Trinajstić information content (AvgIpc) is 3.18. The molecule has 0 radical (unpaired) electrons. The van der Waals surface area contributed by atoms with Crippen molar-refractivity contribution in [3.8, 4) is 17.2 Å². The smallest absolute Gasteiger partial charge is 0.269 e. The molecule has 1 saturated heterocycles. The third-order valence-electron chi connectivity index (χ3n) is 4.96. The molecule has 2 aromatic carbocycles. The predicted octanol–water partition coefficient (Wildman–Crippen LogP) is 1.28. The van der Waals surface area contributed by atoms with Gasteiger partial charge in [0.05, 0.1) is 13.0 Å². The number of hydrogen-bond donors (Lipinski definition) is 2. The van der Waals surface area contributed by atoms with Crippen LogP contribution in [0.4, 0.5) is 5.69 Å². The maximum atomic E-state index is 12.5. The fourth-order valence-corrected chi connectivity index (χ4v) is 3.39. The molecule has 0 saturated carbocycles. The lowest BCUT2D eigenvalue weighted by Gasteiger charge is -2.19. The molecular formula is C21H21N3O6. The van der Waals surface area contributed by atoms with Crippen LogP contribution in [0.2, 0.25) is 0 Å². The van der Waals surface area contributed by atoms with Gasteiger partial charge in [0, 0.05) is 30.3 Å². The monoisotopic (exact) mass is 411 g/mol. The number of hydrogen-bond acceptors (Lipinski definition) is 6. The molecule has 156 valence electrons. The Balaban J connectivity index is 1.35. The van der Waals surface area contributed by atoms with Crippen LogP contribution < -0.4 is 30.0 Å². The summed E-state index contributed by atoms with van der Waals surface area (Å²) in [5.74, 6) is 0.0131. The third kappa shape index (κ3) is 4.00. The molecule has 0 spiro atoms. The summed E-state index contributed by atoms with van der Waals surface area (Å²) in [5, 5.41) is 0. The molecule has 0 aliphatic carbocycles. The molecule has 2 aliphatic heterocycles. The first-order chi connectivity index (χ1) is 14.5. The molecule has 2 aliphatic rings. The van der Waals surface area contributed by atoms with Gasteiger partial charge in [-0.25, -0.2) is 0 Å². The fourth-order valence-electron chi connectivity index (χ4n) is 3.39. The minimum atomic E-state index is -0.579. The second-order valence-corrected chi connectivity index (χ2v) is 6.91. The lowest BCUT2D eigenvalue weighted by molar-refractivity contribution is -0.126. The van der Waals surface area contributed by atoms with Crippen molar-refractivity contribution in [2.75, 3.05) is 31.8 Å². The van der Waals surface area contributed by atoms with E-state index >= 15 is 0 Å². The largest absolute Gasteiger partial charge is 0.497 e. The molecule has 3 amide bonds. The van der Waals surface area contributed by atoms with Crippen LogP contribution in [0.25, 0.3) is 0 Å². The lowest BCUT2D eigenvalue weighted by atomic mass is 10.1. The van der Waals surface area contributed by atoms with E-state index < -0.39 is 17.7 Å². The van der Waals surface area contributed by atoms with Crippen molar-refractivity contribution in [2.45, 2.75) is 6.42 Å². The number of nitrogens with zero attached hydrogens (tertiary/aromatic N) is 1. The molecule has 4 rings (SSSR count). The van der Waals surface area contributed by atoms with Crippen molar-refractivity contribution in [3.05, 3.63) is 48.0 Å². The molecule has 2 heterocycles. The van der Waals surface area contributed by atoms with Crippen molar-refractivity contribution in [1.82, 2.24) is 10.9 Å². The first-order valence-corrected chi connectivity index (χ1v) is 9.49. The highest BCUT2D eigenvalue weighted by molar-refractivity contribution is 6.01. The molecule has 1 atom stereocenters. The normalized spacial score (nSPS) is 17.4. The topological polar surface area (TPSA) is 106 Å². The standard InChI is InChI=1S/C21H21N3O6/c1-28-16-4-2-3-15(11-16)24-12-14(10-19(24)25)21(27)23-22-20(26)13-5-6-17-18(9-13)30-8-7-29-17/h2-6,9,11,14H,7-8,10,12H2,1H3,(H,22,26)(H,23,27). The molecular weight excluding hydrogens is 390 g/mol. The van der Waals surface area contributed by atoms with E-state index in [0.717, 1.165) is 0 Å². The molecule has 0 bridgehead atoms. The zero-order valence-corrected chi connectivity index (χ0v) is 16.3. The summed E-state index contributed by atoms with van der Waals surface area (Å²) in [7, 11) is 1.55. The van der Waals surface area contributed by atoms with E-state index in [4.69, 9.17) is 14.2 Å². The van der Waals surface area contributed by atoms with Gasteiger partial charge in [-0.1, -0.05) is 6.07 Å². The Bertz CT molecular complexity index is 992. The number of methoxy groups -OCH3 is 1. The number of nitrogens with one attached hydrogen (secondary N) is 2. The van der Waals surface area contributed by atoms with Crippen molar-refractivity contribution in [2.24, 2.45) is 5.92 Å². The summed E-state index contributed by atoms with van der Waals surface area (Å²) in [6.07, 6.45) is 0.0585. The van der Waals surface area contributed by atoms with Crippen LogP contribution in [0, 0.1) is 5.92 Å². The van der Waals surface area contributed by atoms with Crippen molar-refractivity contribution >= 4 is 23.4 Å². The molecule has 9 nitrogen and oxygen atoms in total. The van der Waals surface area contributed by atoms with Crippen LogP contribution >= 0.6 is 0 Å². The predicted molar refractivity (Wildman–Crippen MR) is 106 cm³/mol. The highest BCUT2D eigenvalue weighted by Crippen LogP contribution is 2.31. The van der Waals surface area contributed by atoms with E-state index in [1.807, 2.05) is 0 Å². The molecule has 1 fully saturated rings. The number of hydrazine groups is 1. The zero-order chi connectivity index (χ0) is 21.1. The summed E-state index contributed by atoms with van der Waals surface area (Å²) < 4.78 is 16.1. The molecule has 9 heteroatoms. The second-order valence-electron chi connectivity index (χ2n) is 6.91. The first-order valence-electron chi connectivity index (χ1n) is 9.49. The van der Waals surface area contributed by atoms with Crippen LogP contribution in [0.5, 0.6) is 17.2 Å². The third-order valence-corrected chi connectivity index (χ3v) is 4.96. The lowest BCUT2D eigenvalue weighted by Crippen LogP contribution is -2.45. The number of carbonyl (C=O) groups is 3. The van der Waals surface area contributed by atoms with Crippen LogP contribution in [-0.4, -0.2) is 44.6 Å². The van der Waals surface area contributed by atoms with Gasteiger partial charge in [0.25, 0.3) is 5.91 Å². The number of carbonyl (C=O) groups excluding carboxylic acids is 3. The van der Waals surface area contributed by atoms with Gasteiger partial charge >= 0.3 is 0 Å². The van der Waals surface area contributed by atoms with Crippen molar-refractivity contribution < 1.29 is 28.6 Å². The van der Waals surface area contributed by atoms with Gasteiger partial charge in [0.1, 0.15) is 19.0 Å². The molecule has 2 N–H and O–H groups in total. The average molecular weight is 411 g/mol. The molecule has 1 unspecified atom stereocenters. The van der Waals surface area contributed by atoms with Crippen LogP contribution in [0.3, 0.4) is 0 Å². The number of ether oxygens (including phenoxy) is 3. The first kappa shape index (κ1) is 19.6. The molecule has 0 aromatic heterocycles. The van der Waals surface area contributed by atoms with Gasteiger partial charge in [0.2, 0.25) is 11.8 Å². The van der Waals surface area contributed by atoms with E-state index in [9.17, 15) is 14.4 Å². The Hall–Kier alpha value is -3.75. The van der Waals surface area contributed by atoms with E-state index in [1.165, 1.54) is 4.90 Å². The van der Waals surface area contributed by atoms with E-state index in [0.29, 0.717) is 41.7 Å². The Morgan fingerprint density at radius 2 is 1.87 bits per heavy atom. The van der Waals surface area contributed by atoms with Gasteiger partial charge in [-0.05, 0) is 30.3 Å². The maximum absolute atomic E-state index is 12.5. The summed E-state index contributed by atoms with van der Waals surface area (Å²) in [4.78, 5) is 38.8. The summed E-state index contributed by atoms with van der Waals surface area (Å²) in [5.41, 5.74) is 5.77. The van der Waals surface area contributed by atoms with Gasteiger partial charge in [-0.15, -0.1) is 0 Å². The number of anilines is 1. The van der Waals surface area contributed by atoms with Gasteiger partial charge in [-0.3, -0.25) is 25.2 Å². The van der Waals surface area contributed by atoms with Gasteiger partial charge < -0.3 is 19.1 Å². The Morgan fingerprint density at radius 1 is 1.07 bits per heavy atom. The van der Waals surface area contributed by atoms with Crippen LogP contribution in [0.15, 0.2) is 42.5 Å². The van der Waals surface area contributed by atoms with E-state index in [2.05, 4.69) is 10.9 Å². The Kier molecular flexibility index (Phi) is 5.42. The zero-order valence-electron chi connectivity index (χ0n) is 16.3. The number of fused-ring (bicyclic) bond motifs is 1. The van der Waals surface area contributed by atoms with Crippen molar-refractivity contribution in [1.29, 1.82) is 0 Å². The van der Waals surface area contributed by atoms with E-state index in [1.54, 1.807) is 49.6 Å². The highest BCUT2D eigenvalue weighted by atomic mass is 16.6. The second kappa shape index (κ2) is 8.32. The van der Waals surface area contributed by atoms with Gasteiger partial charge in [-0.2, -0.15) is 0 Å². The van der Waals surface area contributed by atoms with Gasteiger partial charge in [0.15, 0.2) is 11.5 Å². The number of amides is 3. The Labute approximate surface area is 172 Å². The SMILES string of the molecule is COc1cccc(N2CC(C(=O)NNC(=O)c3ccc4c(c3)OCCO4)CC2=O)c1. The summed E-state index contributed by atoms with van der Waals surface area (Å²) in [6, 6.07) is 11.9. The minimum Gasteiger partial charge on any atom is -0.497 e. The minimum absolute atomic E-state index is 0.0585. The summed E-state index contributed by atoms with van der Waals surface area (Å²) >= 11 is 0.